The Hall–Kier alpha value is -1.88. The van der Waals surface area contributed by atoms with Gasteiger partial charge in [-0.1, -0.05) is 26.8 Å². The molecule has 0 saturated heterocycles. The van der Waals surface area contributed by atoms with Crippen LogP contribution in [0.15, 0.2) is 18.2 Å². The summed E-state index contributed by atoms with van der Waals surface area (Å²) in [5.74, 6) is 1.08. The Morgan fingerprint density at radius 2 is 2.04 bits per heavy atom. The topological polar surface area (TPSA) is 72.6 Å². The van der Waals surface area contributed by atoms with E-state index in [-0.39, 0.29) is 18.4 Å². The molecule has 0 fully saturated rings. The number of ketones is 1. The van der Waals surface area contributed by atoms with Gasteiger partial charge in [-0.15, -0.1) is 0 Å². The summed E-state index contributed by atoms with van der Waals surface area (Å²) in [6.45, 7) is 11.3. The number of carbonyl (C=O) groups is 2. The number of nitrogens with two attached hydrogens (primary N) is 1. The SMILES string of the molecule is CC.CCc1ccc2c(c1)N(C(C)C(C)=O)CCO2.NCC=O. The average Bonchev–Trinajstić information content (AvgIpc) is 2.61. The number of Topliss-reactive ketones (excluding diaryl/α,β-unsaturated/α-hetero) is 1. The number of anilines is 1. The quantitative estimate of drug-likeness (QED) is 0.863. The normalized spacial score (nSPS) is 13.2. The summed E-state index contributed by atoms with van der Waals surface area (Å²) < 4.78 is 5.63. The molecule has 0 aromatic heterocycles. The van der Waals surface area contributed by atoms with E-state index in [1.165, 1.54) is 5.56 Å². The van der Waals surface area contributed by atoms with E-state index < -0.39 is 0 Å². The molecule has 1 unspecified atom stereocenters. The van der Waals surface area contributed by atoms with Crippen LogP contribution in [0.2, 0.25) is 0 Å². The molecule has 1 atom stereocenters. The Kier molecular flexibility index (Phi) is 10.7. The van der Waals surface area contributed by atoms with Crippen LogP contribution < -0.4 is 15.4 Å². The highest BCUT2D eigenvalue weighted by Gasteiger charge is 2.24. The lowest BCUT2D eigenvalue weighted by atomic mass is 10.1. The fourth-order valence-corrected chi connectivity index (χ4v) is 2.13. The summed E-state index contributed by atoms with van der Waals surface area (Å²) in [6, 6.07) is 6.15. The Morgan fingerprint density at radius 1 is 1.43 bits per heavy atom. The van der Waals surface area contributed by atoms with Crippen LogP contribution in [-0.2, 0) is 16.0 Å². The standard InChI is InChI=1S/C14H19NO2.C2H5NO.C2H6/c1-4-12-5-6-14-13(9-12)15(7-8-17-14)10(2)11(3)16;3-1-2-4;1-2/h5-6,9-10H,4,7-8H2,1-3H3;2H,1,3H2;1-2H3. The first-order valence-corrected chi connectivity index (χ1v) is 8.21. The number of hydrogen-bond acceptors (Lipinski definition) is 5. The first-order valence-electron chi connectivity index (χ1n) is 8.21. The van der Waals surface area contributed by atoms with Crippen LogP contribution in [-0.4, -0.2) is 37.8 Å². The second kappa shape index (κ2) is 11.7. The van der Waals surface area contributed by atoms with Gasteiger partial charge >= 0.3 is 0 Å². The van der Waals surface area contributed by atoms with E-state index in [0.29, 0.717) is 12.9 Å². The maximum Gasteiger partial charge on any atom is 0.151 e. The van der Waals surface area contributed by atoms with E-state index in [1.54, 1.807) is 6.92 Å². The molecule has 130 valence electrons. The third kappa shape index (κ3) is 6.40. The third-order valence-corrected chi connectivity index (χ3v) is 3.48. The molecule has 2 rings (SSSR count). The number of aldehydes is 1. The van der Waals surface area contributed by atoms with Gasteiger partial charge in [0.1, 0.15) is 18.6 Å². The first kappa shape index (κ1) is 21.1. The van der Waals surface area contributed by atoms with Crippen molar-refractivity contribution in [3.63, 3.8) is 0 Å². The summed E-state index contributed by atoms with van der Waals surface area (Å²) >= 11 is 0. The van der Waals surface area contributed by atoms with Gasteiger partial charge in [0.15, 0.2) is 5.78 Å². The van der Waals surface area contributed by atoms with E-state index in [2.05, 4.69) is 29.7 Å². The molecular weight excluding hydrogens is 292 g/mol. The van der Waals surface area contributed by atoms with Gasteiger partial charge in [-0.2, -0.15) is 0 Å². The summed E-state index contributed by atoms with van der Waals surface area (Å²) in [5.41, 5.74) is 6.99. The maximum absolute atomic E-state index is 11.5. The molecule has 23 heavy (non-hydrogen) atoms. The Labute approximate surface area is 139 Å². The smallest absolute Gasteiger partial charge is 0.151 e. The third-order valence-electron chi connectivity index (χ3n) is 3.48. The number of benzene rings is 1. The van der Waals surface area contributed by atoms with Gasteiger partial charge in [-0.25, -0.2) is 0 Å². The number of fused-ring (bicyclic) bond motifs is 1. The van der Waals surface area contributed by atoms with Crippen molar-refractivity contribution in [1.29, 1.82) is 0 Å². The predicted octanol–water partition coefficient (Wildman–Crippen LogP) is 2.60. The maximum atomic E-state index is 11.5. The minimum absolute atomic E-state index is 0.0789. The van der Waals surface area contributed by atoms with Crippen molar-refractivity contribution in [3.8, 4) is 5.75 Å². The molecule has 0 aliphatic carbocycles. The van der Waals surface area contributed by atoms with Crippen molar-refractivity contribution < 1.29 is 14.3 Å². The van der Waals surface area contributed by atoms with Gasteiger partial charge in [0.25, 0.3) is 0 Å². The summed E-state index contributed by atoms with van der Waals surface area (Å²) in [7, 11) is 0. The Balaban J connectivity index is 0.000000705. The number of aryl methyl sites for hydroxylation is 1. The molecular formula is C18H30N2O3. The zero-order chi connectivity index (χ0) is 17.8. The van der Waals surface area contributed by atoms with Gasteiger partial charge in [0.2, 0.25) is 0 Å². The van der Waals surface area contributed by atoms with Gasteiger partial charge in [0.05, 0.1) is 18.3 Å². The molecule has 0 saturated carbocycles. The average molecular weight is 322 g/mol. The van der Waals surface area contributed by atoms with Crippen LogP contribution in [0.25, 0.3) is 0 Å². The predicted molar refractivity (Wildman–Crippen MR) is 95.3 cm³/mol. The van der Waals surface area contributed by atoms with E-state index in [4.69, 9.17) is 9.53 Å². The van der Waals surface area contributed by atoms with Crippen molar-refractivity contribution in [1.82, 2.24) is 0 Å². The molecule has 0 amide bonds. The van der Waals surface area contributed by atoms with E-state index in [9.17, 15) is 4.79 Å². The lowest BCUT2D eigenvalue weighted by molar-refractivity contribution is -0.118. The van der Waals surface area contributed by atoms with Crippen molar-refractivity contribution in [2.24, 2.45) is 5.73 Å². The molecule has 5 heteroatoms. The molecule has 1 heterocycles. The largest absolute Gasteiger partial charge is 0.490 e. The zero-order valence-corrected chi connectivity index (χ0v) is 15.0. The van der Waals surface area contributed by atoms with Gasteiger partial charge < -0.3 is 20.2 Å². The monoisotopic (exact) mass is 322 g/mol. The number of rotatable bonds is 4. The van der Waals surface area contributed by atoms with Crippen molar-refractivity contribution in [2.45, 2.75) is 47.1 Å². The van der Waals surface area contributed by atoms with Crippen molar-refractivity contribution in [3.05, 3.63) is 23.8 Å². The number of carbonyl (C=O) groups excluding carboxylic acids is 2. The van der Waals surface area contributed by atoms with Crippen LogP contribution in [0.3, 0.4) is 0 Å². The second-order valence-corrected chi connectivity index (χ2v) is 4.89. The lowest BCUT2D eigenvalue weighted by Gasteiger charge is -2.35. The lowest BCUT2D eigenvalue weighted by Crippen LogP contribution is -2.43. The van der Waals surface area contributed by atoms with E-state index >= 15 is 0 Å². The van der Waals surface area contributed by atoms with Crippen molar-refractivity contribution >= 4 is 17.8 Å². The highest BCUT2D eigenvalue weighted by molar-refractivity contribution is 5.85. The molecule has 2 N–H and O–H groups in total. The number of hydrogen-bond donors (Lipinski definition) is 1. The fraction of sp³-hybridized carbons (Fsp3) is 0.556. The van der Waals surface area contributed by atoms with Crippen LogP contribution in [0.5, 0.6) is 5.75 Å². The Morgan fingerprint density at radius 3 is 2.52 bits per heavy atom. The molecule has 1 aromatic rings. The summed E-state index contributed by atoms with van der Waals surface area (Å²) in [5, 5.41) is 0. The molecule has 1 aromatic carbocycles. The highest BCUT2D eigenvalue weighted by Crippen LogP contribution is 2.33. The van der Waals surface area contributed by atoms with Crippen LogP contribution in [0, 0.1) is 0 Å². The van der Waals surface area contributed by atoms with Crippen LogP contribution in [0.1, 0.15) is 40.2 Å². The van der Waals surface area contributed by atoms with Gasteiger partial charge in [-0.05, 0) is 38.0 Å². The molecule has 0 spiro atoms. The first-order chi connectivity index (χ1) is 11.0. The zero-order valence-electron chi connectivity index (χ0n) is 15.0. The molecule has 0 radical (unpaired) electrons. The number of ether oxygens (including phenoxy) is 1. The summed E-state index contributed by atoms with van der Waals surface area (Å²) in [4.78, 5) is 22.7. The number of nitrogens with zero attached hydrogens (tertiary/aromatic N) is 1. The van der Waals surface area contributed by atoms with Crippen LogP contribution >= 0.6 is 0 Å². The van der Waals surface area contributed by atoms with Crippen molar-refractivity contribution in [2.75, 3.05) is 24.6 Å². The minimum atomic E-state index is -0.0789. The van der Waals surface area contributed by atoms with Gasteiger partial charge in [0, 0.05) is 6.54 Å². The second-order valence-electron chi connectivity index (χ2n) is 4.89. The molecule has 5 nitrogen and oxygen atoms in total. The van der Waals surface area contributed by atoms with E-state index in [0.717, 1.165) is 24.4 Å². The minimum Gasteiger partial charge on any atom is -0.490 e. The van der Waals surface area contributed by atoms with Gasteiger partial charge in [-0.3, -0.25) is 4.79 Å². The van der Waals surface area contributed by atoms with E-state index in [1.807, 2.05) is 26.8 Å². The molecule has 0 bridgehead atoms. The highest BCUT2D eigenvalue weighted by atomic mass is 16.5. The summed E-state index contributed by atoms with van der Waals surface area (Å²) in [6.07, 6.45) is 1.65. The Bertz CT molecular complexity index is 489. The van der Waals surface area contributed by atoms with Crippen LogP contribution in [0.4, 0.5) is 5.69 Å². The molecule has 1 aliphatic rings. The fourth-order valence-electron chi connectivity index (χ4n) is 2.13. The molecule has 1 aliphatic heterocycles.